The van der Waals surface area contributed by atoms with Crippen LogP contribution >= 0.6 is 0 Å². The second-order valence-electron chi connectivity index (χ2n) is 6.25. The maximum absolute atomic E-state index is 12.0. The highest BCUT2D eigenvalue weighted by molar-refractivity contribution is 5.79. The number of Topliss-reactive ketones (excluding diaryl/α,β-unsaturated/α-hetero) is 1. The number of aliphatic hydroxyl groups is 1. The average Bonchev–Trinajstić information content (AvgIpc) is 2.57. The van der Waals surface area contributed by atoms with Crippen molar-refractivity contribution < 1.29 is 29.6 Å². The van der Waals surface area contributed by atoms with Gasteiger partial charge in [0.2, 0.25) is 0 Å². The summed E-state index contributed by atoms with van der Waals surface area (Å²) in [6.45, 7) is 0. The number of phenols is 1. The molecule has 140 valence electrons. The minimum Gasteiger partial charge on any atom is -0.504 e. The number of hydrogen-bond acceptors (Lipinski definition) is 5. The molecular formula is C19H28O6. The number of rotatable bonds is 13. The molecule has 1 rings (SSSR count). The molecule has 1 aromatic rings. The number of aliphatic hydroxyl groups excluding tert-OH is 1. The molecule has 3 N–H and O–H groups in total. The van der Waals surface area contributed by atoms with Crippen LogP contribution in [-0.2, 0) is 16.0 Å². The number of phenolic OH excluding ortho intramolecular Hbond substituents is 1. The lowest BCUT2D eigenvalue weighted by atomic mass is 10.0. The van der Waals surface area contributed by atoms with Crippen LogP contribution in [0.15, 0.2) is 18.2 Å². The van der Waals surface area contributed by atoms with Gasteiger partial charge in [-0.15, -0.1) is 0 Å². The number of carbonyl (C=O) groups excluding carboxylic acids is 1. The lowest BCUT2D eigenvalue weighted by Crippen LogP contribution is -2.14. The number of carbonyl (C=O) groups is 2. The van der Waals surface area contributed by atoms with Gasteiger partial charge in [0.15, 0.2) is 11.5 Å². The van der Waals surface area contributed by atoms with Gasteiger partial charge >= 0.3 is 5.97 Å². The molecule has 0 saturated heterocycles. The van der Waals surface area contributed by atoms with Crippen LogP contribution in [0.2, 0.25) is 0 Å². The van der Waals surface area contributed by atoms with Crippen molar-refractivity contribution >= 4 is 11.8 Å². The summed E-state index contributed by atoms with van der Waals surface area (Å²) < 4.78 is 5.03. The smallest absolute Gasteiger partial charge is 0.303 e. The van der Waals surface area contributed by atoms with Crippen molar-refractivity contribution in [1.29, 1.82) is 0 Å². The highest BCUT2D eigenvalue weighted by Crippen LogP contribution is 2.26. The first-order valence-corrected chi connectivity index (χ1v) is 8.69. The molecule has 0 fully saturated rings. The topological polar surface area (TPSA) is 104 Å². The second-order valence-corrected chi connectivity index (χ2v) is 6.25. The van der Waals surface area contributed by atoms with Gasteiger partial charge in [-0.05, 0) is 37.0 Å². The van der Waals surface area contributed by atoms with Crippen LogP contribution in [0.1, 0.15) is 56.9 Å². The van der Waals surface area contributed by atoms with E-state index in [0.29, 0.717) is 31.4 Å². The Hall–Kier alpha value is -2.08. The molecule has 0 heterocycles. The monoisotopic (exact) mass is 352 g/mol. The molecule has 0 saturated carbocycles. The molecule has 1 atom stereocenters. The second kappa shape index (κ2) is 11.5. The molecule has 0 spiro atoms. The summed E-state index contributed by atoms with van der Waals surface area (Å²) in [4.78, 5) is 22.3. The maximum atomic E-state index is 12.0. The molecule has 1 aromatic carbocycles. The zero-order chi connectivity index (χ0) is 18.7. The number of benzene rings is 1. The Morgan fingerprint density at radius 2 is 1.84 bits per heavy atom. The van der Waals surface area contributed by atoms with Gasteiger partial charge in [-0.2, -0.15) is 0 Å². The summed E-state index contributed by atoms with van der Waals surface area (Å²) in [7, 11) is 1.47. The number of aliphatic carboxylic acids is 1. The SMILES string of the molecule is COc1cc(CCC(=O)CC(O)CCCCCCC(=O)O)ccc1O. The largest absolute Gasteiger partial charge is 0.504 e. The van der Waals surface area contributed by atoms with Crippen molar-refractivity contribution in [3.05, 3.63) is 23.8 Å². The number of unbranched alkanes of at least 4 members (excludes halogenated alkanes) is 3. The van der Waals surface area contributed by atoms with Crippen molar-refractivity contribution in [3.63, 3.8) is 0 Å². The first kappa shape index (κ1) is 21.0. The summed E-state index contributed by atoms with van der Waals surface area (Å²) in [5, 5.41) is 28.0. The van der Waals surface area contributed by atoms with E-state index >= 15 is 0 Å². The lowest BCUT2D eigenvalue weighted by Gasteiger charge is -2.10. The molecule has 0 aliphatic rings. The highest BCUT2D eigenvalue weighted by Gasteiger charge is 2.11. The number of ketones is 1. The zero-order valence-corrected chi connectivity index (χ0v) is 14.7. The van der Waals surface area contributed by atoms with Crippen molar-refractivity contribution in [3.8, 4) is 11.5 Å². The fraction of sp³-hybridized carbons (Fsp3) is 0.579. The first-order chi connectivity index (χ1) is 11.9. The highest BCUT2D eigenvalue weighted by atomic mass is 16.5. The van der Waals surface area contributed by atoms with Gasteiger partial charge in [0.05, 0.1) is 13.2 Å². The molecular weight excluding hydrogens is 324 g/mol. The number of aromatic hydroxyl groups is 1. The van der Waals surface area contributed by atoms with Gasteiger partial charge in [0.1, 0.15) is 5.78 Å². The third-order valence-electron chi connectivity index (χ3n) is 4.08. The third-order valence-corrected chi connectivity index (χ3v) is 4.08. The minimum absolute atomic E-state index is 0.00502. The Morgan fingerprint density at radius 1 is 1.12 bits per heavy atom. The lowest BCUT2D eigenvalue weighted by molar-refractivity contribution is -0.137. The minimum atomic E-state index is -0.781. The van der Waals surface area contributed by atoms with Crippen LogP contribution in [0, 0.1) is 0 Å². The molecule has 6 heteroatoms. The van der Waals surface area contributed by atoms with E-state index in [2.05, 4.69) is 0 Å². The Balaban J connectivity index is 2.19. The molecule has 0 aliphatic carbocycles. The van der Waals surface area contributed by atoms with Crippen LogP contribution in [0.3, 0.4) is 0 Å². The fourth-order valence-electron chi connectivity index (χ4n) is 2.64. The molecule has 0 bridgehead atoms. The molecule has 25 heavy (non-hydrogen) atoms. The molecule has 0 radical (unpaired) electrons. The average molecular weight is 352 g/mol. The van der Waals surface area contributed by atoms with E-state index < -0.39 is 12.1 Å². The standard InChI is InChI=1S/C19H28O6/c1-25-18-12-14(9-11-17(18)22)8-10-16(21)13-15(20)6-4-2-3-5-7-19(23)24/h9,11-12,15,20,22H,2-8,10,13H2,1H3,(H,23,24). The van der Waals surface area contributed by atoms with Crippen LogP contribution in [0.25, 0.3) is 0 Å². The number of hydrogen-bond donors (Lipinski definition) is 3. The molecule has 1 unspecified atom stereocenters. The predicted octanol–water partition coefficient (Wildman–Crippen LogP) is 3.08. The first-order valence-electron chi connectivity index (χ1n) is 8.69. The van der Waals surface area contributed by atoms with E-state index in [4.69, 9.17) is 9.84 Å². The van der Waals surface area contributed by atoms with E-state index in [1.54, 1.807) is 12.1 Å². The van der Waals surface area contributed by atoms with Crippen molar-refractivity contribution in [1.82, 2.24) is 0 Å². The summed E-state index contributed by atoms with van der Waals surface area (Å²) >= 11 is 0. The third kappa shape index (κ3) is 9.10. The van der Waals surface area contributed by atoms with Gasteiger partial charge < -0.3 is 20.1 Å². The Morgan fingerprint density at radius 3 is 2.52 bits per heavy atom. The Bertz CT molecular complexity index is 555. The zero-order valence-electron chi connectivity index (χ0n) is 14.7. The number of ether oxygens (including phenoxy) is 1. The summed E-state index contributed by atoms with van der Waals surface area (Å²) in [5.74, 6) is -0.327. The Labute approximate surface area is 148 Å². The van der Waals surface area contributed by atoms with E-state index in [1.165, 1.54) is 13.2 Å². The van der Waals surface area contributed by atoms with Crippen LogP contribution < -0.4 is 4.74 Å². The fourth-order valence-corrected chi connectivity index (χ4v) is 2.64. The van der Waals surface area contributed by atoms with Gasteiger partial charge in [-0.3, -0.25) is 9.59 Å². The normalized spacial score (nSPS) is 11.9. The van der Waals surface area contributed by atoms with Crippen LogP contribution in [-0.4, -0.2) is 40.3 Å². The number of carboxylic acids is 1. The summed E-state index contributed by atoms with van der Waals surface area (Å²) in [6.07, 6.45) is 4.27. The summed E-state index contributed by atoms with van der Waals surface area (Å²) in [6, 6.07) is 4.99. The van der Waals surface area contributed by atoms with E-state index in [1.807, 2.05) is 0 Å². The Kier molecular flexibility index (Phi) is 9.62. The van der Waals surface area contributed by atoms with Crippen molar-refractivity contribution in [2.24, 2.45) is 0 Å². The molecule has 6 nitrogen and oxygen atoms in total. The molecule has 0 amide bonds. The molecule has 0 aromatic heterocycles. The summed E-state index contributed by atoms with van der Waals surface area (Å²) in [5.41, 5.74) is 0.899. The predicted molar refractivity (Wildman–Crippen MR) is 93.9 cm³/mol. The van der Waals surface area contributed by atoms with E-state index in [0.717, 1.165) is 24.8 Å². The number of carboxylic acid groups (broad SMARTS) is 1. The van der Waals surface area contributed by atoms with Gasteiger partial charge in [-0.1, -0.05) is 25.3 Å². The van der Waals surface area contributed by atoms with Gasteiger partial charge in [0, 0.05) is 19.3 Å². The van der Waals surface area contributed by atoms with Crippen LogP contribution in [0.4, 0.5) is 0 Å². The quantitative estimate of drug-likeness (QED) is 0.471. The van der Waals surface area contributed by atoms with E-state index in [-0.39, 0.29) is 24.4 Å². The van der Waals surface area contributed by atoms with Gasteiger partial charge in [-0.25, -0.2) is 0 Å². The number of aryl methyl sites for hydroxylation is 1. The number of methoxy groups -OCH3 is 1. The van der Waals surface area contributed by atoms with Crippen molar-refractivity contribution in [2.45, 2.75) is 63.9 Å². The van der Waals surface area contributed by atoms with E-state index in [9.17, 15) is 19.8 Å². The maximum Gasteiger partial charge on any atom is 0.303 e. The van der Waals surface area contributed by atoms with Crippen LogP contribution in [0.5, 0.6) is 11.5 Å². The van der Waals surface area contributed by atoms with Gasteiger partial charge in [0.25, 0.3) is 0 Å². The van der Waals surface area contributed by atoms with Crippen molar-refractivity contribution in [2.75, 3.05) is 7.11 Å². The molecule has 0 aliphatic heterocycles.